The quantitative estimate of drug-likeness (QED) is 0.790. The molecule has 0 spiro atoms. The van der Waals surface area contributed by atoms with Gasteiger partial charge in [0.1, 0.15) is 10.2 Å². The zero-order valence-electron chi connectivity index (χ0n) is 10.1. The molecule has 1 aromatic rings. The van der Waals surface area contributed by atoms with Crippen molar-refractivity contribution in [3.8, 4) is 0 Å². The summed E-state index contributed by atoms with van der Waals surface area (Å²) in [4.78, 5) is 15.7. The van der Waals surface area contributed by atoms with Gasteiger partial charge in [0.15, 0.2) is 0 Å². The van der Waals surface area contributed by atoms with Crippen LogP contribution in [0.5, 0.6) is 0 Å². The van der Waals surface area contributed by atoms with Crippen LogP contribution in [0.3, 0.4) is 0 Å². The minimum Gasteiger partial charge on any atom is -0.444 e. The Kier molecular flexibility index (Phi) is 4.38. The van der Waals surface area contributed by atoms with Crippen LogP contribution in [0.25, 0.3) is 0 Å². The second kappa shape index (κ2) is 5.23. The number of nitrogens with zero attached hydrogens (tertiary/aromatic N) is 1. The molecule has 94 valence electrons. The van der Waals surface area contributed by atoms with E-state index in [0.29, 0.717) is 21.0 Å². The lowest BCUT2D eigenvalue weighted by Crippen LogP contribution is -2.27. The minimum absolute atomic E-state index is 0.432. The van der Waals surface area contributed by atoms with E-state index in [4.69, 9.17) is 16.3 Å². The third-order valence-corrected chi connectivity index (χ3v) is 2.88. The summed E-state index contributed by atoms with van der Waals surface area (Å²) in [7, 11) is 0. The molecule has 0 aliphatic carbocycles. The topological polar surface area (TPSA) is 51.2 Å². The van der Waals surface area contributed by atoms with Gasteiger partial charge in [-0.15, -0.1) is 0 Å². The molecular formula is C11H14BrClN2O2. The SMILES string of the molecule is Cc1nc(Br)c(Cl)cc1NC(=O)OC(C)(C)C. The first kappa shape index (κ1) is 14.3. The van der Waals surface area contributed by atoms with Crippen LogP contribution in [0.2, 0.25) is 5.02 Å². The zero-order chi connectivity index (χ0) is 13.2. The van der Waals surface area contributed by atoms with Gasteiger partial charge < -0.3 is 4.74 Å². The second-order valence-electron chi connectivity index (χ2n) is 4.52. The van der Waals surface area contributed by atoms with Crippen LogP contribution < -0.4 is 5.32 Å². The van der Waals surface area contributed by atoms with Crippen LogP contribution in [0, 0.1) is 6.92 Å². The highest BCUT2D eigenvalue weighted by atomic mass is 79.9. The molecule has 0 unspecified atom stereocenters. The molecule has 0 aromatic carbocycles. The fourth-order valence-corrected chi connectivity index (χ4v) is 1.62. The van der Waals surface area contributed by atoms with Gasteiger partial charge in [0.2, 0.25) is 0 Å². The molecule has 1 amide bonds. The lowest BCUT2D eigenvalue weighted by atomic mass is 10.2. The number of aryl methyl sites for hydroxylation is 1. The van der Waals surface area contributed by atoms with Crippen molar-refractivity contribution in [3.05, 3.63) is 21.4 Å². The molecule has 4 nitrogen and oxygen atoms in total. The second-order valence-corrected chi connectivity index (χ2v) is 5.68. The highest BCUT2D eigenvalue weighted by Crippen LogP contribution is 2.26. The third-order valence-electron chi connectivity index (χ3n) is 1.76. The number of rotatable bonds is 1. The number of carbonyl (C=O) groups is 1. The van der Waals surface area contributed by atoms with Gasteiger partial charge in [0.05, 0.1) is 16.4 Å². The molecule has 0 aliphatic rings. The first-order valence-electron chi connectivity index (χ1n) is 5.01. The van der Waals surface area contributed by atoms with E-state index in [1.54, 1.807) is 33.8 Å². The fourth-order valence-electron chi connectivity index (χ4n) is 1.09. The van der Waals surface area contributed by atoms with Gasteiger partial charge in [-0.25, -0.2) is 9.78 Å². The van der Waals surface area contributed by atoms with Crippen LogP contribution in [0.1, 0.15) is 26.5 Å². The summed E-state index contributed by atoms with van der Waals surface area (Å²) in [6.07, 6.45) is -0.527. The summed E-state index contributed by atoms with van der Waals surface area (Å²) in [5.41, 5.74) is 0.657. The van der Waals surface area contributed by atoms with Crippen LogP contribution in [0.15, 0.2) is 10.7 Å². The van der Waals surface area contributed by atoms with Gasteiger partial charge in [-0.2, -0.15) is 0 Å². The smallest absolute Gasteiger partial charge is 0.412 e. The van der Waals surface area contributed by atoms with E-state index in [9.17, 15) is 4.79 Å². The number of nitrogens with one attached hydrogen (secondary N) is 1. The Morgan fingerprint density at radius 3 is 2.65 bits per heavy atom. The van der Waals surface area contributed by atoms with E-state index in [1.807, 2.05) is 0 Å². The standard InChI is InChI=1S/C11H14BrClN2O2/c1-6-8(5-7(13)9(12)14-6)15-10(16)17-11(2,3)4/h5H,1-4H3,(H,15,16). The Bertz CT molecular complexity index is 444. The summed E-state index contributed by atoms with van der Waals surface area (Å²) >= 11 is 9.11. The highest BCUT2D eigenvalue weighted by molar-refractivity contribution is 9.10. The normalized spacial score (nSPS) is 11.2. The Morgan fingerprint density at radius 2 is 2.12 bits per heavy atom. The molecule has 6 heteroatoms. The molecule has 1 rings (SSSR count). The number of aromatic nitrogens is 1. The summed E-state index contributed by atoms with van der Waals surface area (Å²) in [5, 5.41) is 3.04. The summed E-state index contributed by atoms with van der Waals surface area (Å²) < 4.78 is 5.68. The number of hydrogen-bond donors (Lipinski definition) is 1. The van der Waals surface area contributed by atoms with Crippen LogP contribution in [-0.4, -0.2) is 16.7 Å². The third kappa shape index (κ3) is 4.52. The highest BCUT2D eigenvalue weighted by Gasteiger charge is 2.17. The molecular weight excluding hydrogens is 307 g/mol. The lowest BCUT2D eigenvalue weighted by Gasteiger charge is -2.20. The van der Waals surface area contributed by atoms with Crippen LogP contribution in [-0.2, 0) is 4.74 Å². The van der Waals surface area contributed by atoms with Gasteiger partial charge in [-0.05, 0) is 49.7 Å². The predicted molar refractivity (Wildman–Crippen MR) is 71.5 cm³/mol. The van der Waals surface area contributed by atoms with Crippen molar-refractivity contribution in [2.45, 2.75) is 33.3 Å². The van der Waals surface area contributed by atoms with E-state index in [2.05, 4.69) is 26.2 Å². The molecule has 0 fully saturated rings. The molecule has 0 saturated heterocycles. The molecule has 0 atom stereocenters. The summed E-state index contributed by atoms with van der Waals surface area (Å²) in [6.45, 7) is 7.17. The van der Waals surface area contributed by atoms with Gasteiger partial charge in [0, 0.05) is 0 Å². The molecule has 1 heterocycles. The largest absolute Gasteiger partial charge is 0.444 e. The summed E-state index contributed by atoms with van der Waals surface area (Å²) in [5.74, 6) is 0. The number of carbonyl (C=O) groups excluding carboxylic acids is 1. The predicted octanol–water partition coefficient (Wildman–Crippen LogP) is 4.15. The minimum atomic E-state index is -0.537. The van der Waals surface area contributed by atoms with Gasteiger partial charge >= 0.3 is 6.09 Å². The van der Waals surface area contributed by atoms with Crippen LogP contribution >= 0.6 is 27.5 Å². The average molecular weight is 322 g/mol. The maximum atomic E-state index is 11.6. The number of halogens is 2. The Balaban J connectivity index is 2.82. The van der Waals surface area contributed by atoms with E-state index in [1.165, 1.54) is 0 Å². The number of anilines is 1. The Labute approximate surface area is 114 Å². The first-order chi connectivity index (χ1) is 7.69. The van der Waals surface area contributed by atoms with Crippen molar-refractivity contribution < 1.29 is 9.53 Å². The zero-order valence-corrected chi connectivity index (χ0v) is 12.4. The number of ether oxygens (including phenoxy) is 1. The van der Waals surface area contributed by atoms with Crippen molar-refractivity contribution in [2.24, 2.45) is 0 Å². The number of hydrogen-bond acceptors (Lipinski definition) is 3. The monoisotopic (exact) mass is 320 g/mol. The fraction of sp³-hybridized carbons (Fsp3) is 0.455. The molecule has 0 radical (unpaired) electrons. The first-order valence-corrected chi connectivity index (χ1v) is 6.19. The van der Waals surface area contributed by atoms with Crippen molar-refractivity contribution >= 4 is 39.3 Å². The lowest BCUT2D eigenvalue weighted by molar-refractivity contribution is 0.0635. The maximum absolute atomic E-state index is 11.6. The Hall–Kier alpha value is -0.810. The number of amides is 1. The molecule has 1 aromatic heterocycles. The van der Waals surface area contributed by atoms with Gasteiger partial charge in [-0.1, -0.05) is 11.6 Å². The van der Waals surface area contributed by atoms with E-state index in [0.717, 1.165) is 0 Å². The molecule has 0 saturated carbocycles. The van der Waals surface area contributed by atoms with E-state index in [-0.39, 0.29) is 0 Å². The van der Waals surface area contributed by atoms with Crippen molar-refractivity contribution in [3.63, 3.8) is 0 Å². The van der Waals surface area contributed by atoms with Crippen molar-refractivity contribution in [2.75, 3.05) is 5.32 Å². The van der Waals surface area contributed by atoms with E-state index < -0.39 is 11.7 Å². The van der Waals surface area contributed by atoms with Gasteiger partial charge in [0.25, 0.3) is 0 Å². The molecule has 0 bridgehead atoms. The maximum Gasteiger partial charge on any atom is 0.412 e. The van der Waals surface area contributed by atoms with Gasteiger partial charge in [-0.3, -0.25) is 5.32 Å². The van der Waals surface area contributed by atoms with Crippen molar-refractivity contribution in [1.29, 1.82) is 0 Å². The van der Waals surface area contributed by atoms with E-state index >= 15 is 0 Å². The molecule has 0 aliphatic heterocycles. The number of pyridine rings is 1. The average Bonchev–Trinajstić information content (AvgIpc) is 2.11. The summed E-state index contributed by atoms with van der Waals surface area (Å²) in [6, 6.07) is 1.62. The van der Waals surface area contributed by atoms with Crippen LogP contribution in [0.4, 0.5) is 10.5 Å². The van der Waals surface area contributed by atoms with Crippen molar-refractivity contribution in [1.82, 2.24) is 4.98 Å². The molecule has 17 heavy (non-hydrogen) atoms. The molecule has 1 N–H and O–H groups in total. The Morgan fingerprint density at radius 1 is 1.53 bits per heavy atom.